The molecule has 0 fully saturated rings. The molecule has 2 aromatic rings. The van der Waals surface area contributed by atoms with E-state index in [9.17, 15) is 0 Å². The van der Waals surface area contributed by atoms with Crippen molar-refractivity contribution in [2.24, 2.45) is 0 Å². The Morgan fingerprint density at radius 1 is 1.31 bits per heavy atom. The zero-order valence-electron chi connectivity index (χ0n) is 9.43. The standard InChI is InChI=1S/C10H13N5O/c1-6(2)13-10-14-7(3)4-8(15-10)9-11-5-12-16-9/h4-6H,1-3H3,(H,13,14,15). The van der Waals surface area contributed by atoms with E-state index in [2.05, 4.69) is 25.4 Å². The van der Waals surface area contributed by atoms with Gasteiger partial charge >= 0.3 is 0 Å². The van der Waals surface area contributed by atoms with E-state index in [1.165, 1.54) is 6.33 Å². The highest BCUT2D eigenvalue weighted by molar-refractivity contribution is 5.49. The highest BCUT2D eigenvalue weighted by Crippen LogP contribution is 2.16. The number of nitrogens with zero attached hydrogens (tertiary/aromatic N) is 4. The molecule has 2 rings (SSSR count). The van der Waals surface area contributed by atoms with Gasteiger partial charge in [-0.1, -0.05) is 5.16 Å². The molecule has 0 radical (unpaired) electrons. The van der Waals surface area contributed by atoms with Crippen LogP contribution in [0.1, 0.15) is 19.5 Å². The fourth-order valence-electron chi connectivity index (χ4n) is 1.29. The predicted molar refractivity (Wildman–Crippen MR) is 58.8 cm³/mol. The van der Waals surface area contributed by atoms with E-state index in [1.54, 1.807) is 6.07 Å². The third-order valence-electron chi connectivity index (χ3n) is 1.85. The summed E-state index contributed by atoms with van der Waals surface area (Å²) in [6.07, 6.45) is 1.35. The lowest BCUT2D eigenvalue weighted by atomic mass is 10.3. The van der Waals surface area contributed by atoms with E-state index >= 15 is 0 Å². The van der Waals surface area contributed by atoms with Crippen LogP contribution >= 0.6 is 0 Å². The molecule has 6 heteroatoms. The molecule has 84 valence electrons. The molecule has 0 aliphatic carbocycles. The highest BCUT2D eigenvalue weighted by atomic mass is 16.5. The number of hydrogen-bond donors (Lipinski definition) is 1. The summed E-state index contributed by atoms with van der Waals surface area (Å²) in [5.41, 5.74) is 1.49. The first kappa shape index (κ1) is 10.5. The monoisotopic (exact) mass is 219 g/mol. The van der Waals surface area contributed by atoms with Crippen LogP contribution in [-0.4, -0.2) is 26.2 Å². The molecule has 2 aromatic heterocycles. The molecular weight excluding hydrogens is 206 g/mol. The number of hydrogen-bond acceptors (Lipinski definition) is 6. The summed E-state index contributed by atoms with van der Waals surface area (Å²) in [5.74, 6) is 0.973. The van der Waals surface area contributed by atoms with Crippen LogP contribution in [0.2, 0.25) is 0 Å². The van der Waals surface area contributed by atoms with E-state index in [1.807, 2.05) is 20.8 Å². The second kappa shape index (κ2) is 4.26. The minimum Gasteiger partial charge on any atom is -0.352 e. The minimum absolute atomic E-state index is 0.275. The first-order valence-electron chi connectivity index (χ1n) is 5.04. The molecular formula is C10H13N5O. The molecule has 0 bridgehead atoms. The van der Waals surface area contributed by atoms with Gasteiger partial charge in [0.15, 0.2) is 6.33 Å². The Morgan fingerprint density at radius 3 is 2.75 bits per heavy atom. The second-order valence-electron chi connectivity index (χ2n) is 3.76. The Kier molecular flexibility index (Phi) is 2.80. The summed E-state index contributed by atoms with van der Waals surface area (Å²) in [6, 6.07) is 2.08. The third kappa shape index (κ3) is 2.33. The topological polar surface area (TPSA) is 76.7 Å². The van der Waals surface area contributed by atoms with E-state index in [0.717, 1.165) is 5.69 Å². The zero-order chi connectivity index (χ0) is 11.5. The minimum atomic E-state index is 0.275. The van der Waals surface area contributed by atoms with Gasteiger partial charge in [-0.15, -0.1) is 0 Å². The van der Waals surface area contributed by atoms with Crippen molar-refractivity contribution < 1.29 is 4.52 Å². The van der Waals surface area contributed by atoms with Crippen molar-refractivity contribution in [3.8, 4) is 11.6 Å². The fraction of sp³-hybridized carbons (Fsp3) is 0.400. The third-order valence-corrected chi connectivity index (χ3v) is 1.85. The Hall–Kier alpha value is -1.98. The average molecular weight is 219 g/mol. The van der Waals surface area contributed by atoms with E-state index < -0.39 is 0 Å². The molecule has 6 nitrogen and oxygen atoms in total. The van der Waals surface area contributed by atoms with Crippen molar-refractivity contribution in [1.29, 1.82) is 0 Å². The van der Waals surface area contributed by atoms with Crippen LogP contribution < -0.4 is 5.32 Å². The van der Waals surface area contributed by atoms with Gasteiger partial charge in [-0.25, -0.2) is 9.97 Å². The SMILES string of the molecule is Cc1cc(-c2ncno2)nc(NC(C)C)n1. The molecule has 0 aliphatic rings. The summed E-state index contributed by atoms with van der Waals surface area (Å²) < 4.78 is 4.96. The summed E-state index contributed by atoms with van der Waals surface area (Å²) in [6.45, 7) is 5.95. The van der Waals surface area contributed by atoms with Crippen LogP contribution in [0, 0.1) is 6.92 Å². The highest BCUT2D eigenvalue weighted by Gasteiger charge is 2.09. The molecule has 1 N–H and O–H groups in total. The number of aryl methyl sites for hydroxylation is 1. The first-order chi connectivity index (χ1) is 7.65. The maximum absolute atomic E-state index is 4.96. The number of rotatable bonds is 3. The molecule has 0 atom stereocenters. The maximum Gasteiger partial charge on any atom is 0.276 e. The zero-order valence-corrected chi connectivity index (χ0v) is 9.43. The van der Waals surface area contributed by atoms with E-state index in [0.29, 0.717) is 17.5 Å². The van der Waals surface area contributed by atoms with Crippen molar-refractivity contribution in [3.63, 3.8) is 0 Å². The maximum atomic E-state index is 4.96. The van der Waals surface area contributed by atoms with Gasteiger partial charge in [0.1, 0.15) is 5.69 Å². The lowest BCUT2D eigenvalue weighted by molar-refractivity contribution is 0.428. The van der Waals surface area contributed by atoms with Crippen molar-refractivity contribution in [2.75, 3.05) is 5.32 Å². The Labute approximate surface area is 93.1 Å². The van der Waals surface area contributed by atoms with Gasteiger partial charge in [-0.05, 0) is 26.8 Å². The van der Waals surface area contributed by atoms with Gasteiger partial charge < -0.3 is 9.84 Å². The summed E-state index contributed by atoms with van der Waals surface area (Å²) in [7, 11) is 0. The smallest absolute Gasteiger partial charge is 0.276 e. The Bertz CT molecular complexity index is 466. The van der Waals surface area contributed by atoms with Gasteiger partial charge in [-0.3, -0.25) is 0 Å². The van der Waals surface area contributed by atoms with Gasteiger partial charge in [0, 0.05) is 11.7 Å². The molecule has 0 aliphatic heterocycles. The largest absolute Gasteiger partial charge is 0.352 e. The fourth-order valence-corrected chi connectivity index (χ4v) is 1.29. The average Bonchev–Trinajstić information content (AvgIpc) is 2.67. The summed E-state index contributed by atoms with van der Waals surface area (Å²) in [4.78, 5) is 12.5. The van der Waals surface area contributed by atoms with E-state index in [-0.39, 0.29) is 6.04 Å². The van der Waals surface area contributed by atoms with Crippen LogP contribution in [-0.2, 0) is 0 Å². The van der Waals surface area contributed by atoms with Crippen LogP contribution in [0.4, 0.5) is 5.95 Å². The number of aromatic nitrogens is 4. The van der Waals surface area contributed by atoms with Gasteiger partial charge in [0.2, 0.25) is 5.95 Å². The first-order valence-corrected chi connectivity index (χ1v) is 5.04. The van der Waals surface area contributed by atoms with Gasteiger partial charge in [-0.2, -0.15) is 4.98 Å². The van der Waals surface area contributed by atoms with Gasteiger partial charge in [0.05, 0.1) is 0 Å². The van der Waals surface area contributed by atoms with Gasteiger partial charge in [0.25, 0.3) is 5.89 Å². The molecule has 0 amide bonds. The molecule has 0 spiro atoms. The molecule has 0 saturated carbocycles. The van der Waals surface area contributed by atoms with Crippen molar-refractivity contribution in [3.05, 3.63) is 18.1 Å². The molecule has 0 aromatic carbocycles. The normalized spacial score (nSPS) is 10.8. The number of anilines is 1. The molecule has 16 heavy (non-hydrogen) atoms. The summed E-state index contributed by atoms with van der Waals surface area (Å²) >= 11 is 0. The molecule has 0 saturated heterocycles. The Morgan fingerprint density at radius 2 is 2.12 bits per heavy atom. The molecule has 0 unspecified atom stereocenters. The van der Waals surface area contributed by atoms with Crippen molar-refractivity contribution in [2.45, 2.75) is 26.8 Å². The van der Waals surface area contributed by atoms with Crippen molar-refractivity contribution in [1.82, 2.24) is 20.1 Å². The second-order valence-corrected chi connectivity index (χ2v) is 3.76. The van der Waals surface area contributed by atoms with Crippen LogP contribution in [0.15, 0.2) is 16.9 Å². The predicted octanol–water partition coefficient (Wildman–Crippen LogP) is 1.66. The van der Waals surface area contributed by atoms with Crippen LogP contribution in [0.5, 0.6) is 0 Å². The lowest BCUT2D eigenvalue weighted by Crippen LogP contribution is -2.13. The molecule has 2 heterocycles. The van der Waals surface area contributed by atoms with Crippen LogP contribution in [0.3, 0.4) is 0 Å². The van der Waals surface area contributed by atoms with E-state index in [4.69, 9.17) is 4.52 Å². The Balaban J connectivity index is 2.36. The lowest BCUT2D eigenvalue weighted by Gasteiger charge is -2.08. The summed E-state index contributed by atoms with van der Waals surface area (Å²) in [5, 5.41) is 6.69. The van der Waals surface area contributed by atoms with Crippen molar-refractivity contribution >= 4 is 5.95 Å². The van der Waals surface area contributed by atoms with Crippen LogP contribution in [0.25, 0.3) is 11.6 Å². The quantitative estimate of drug-likeness (QED) is 0.845. The number of nitrogens with one attached hydrogen (secondary N) is 1.